The fraction of sp³-hybridized carbons (Fsp3) is 0.375. The summed E-state index contributed by atoms with van der Waals surface area (Å²) >= 11 is 0. The van der Waals surface area contributed by atoms with Gasteiger partial charge in [0.05, 0.1) is 24.5 Å². The van der Waals surface area contributed by atoms with Crippen LogP contribution in [0.4, 0.5) is 20.2 Å². The predicted molar refractivity (Wildman–Crippen MR) is 165 cm³/mol. The lowest BCUT2D eigenvalue weighted by Crippen LogP contribution is -2.41. The van der Waals surface area contributed by atoms with Crippen molar-refractivity contribution in [1.82, 2.24) is 14.2 Å². The fourth-order valence-corrected chi connectivity index (χ4v) is 6.41. The van der Waals surface area contributed by atoms with E-state index in [4.69, 9.17) is 9.47 Å². The fourth-order valence-electron chi connectivity index (χ4n) is 5.14. The average molecular weight is 659 g/mol. The molecule has 1 fully saturated rings. The highest BCUT2D eigenvalue weighted by molar-refractivity contribution is 7.89. The van der Waals surface area contributed by atoms with Crippen LogP contribution in [0.5, 0.6) is 0 Å². The van der Waals surface area contributed by atoms with Gasteiger partial charge < -0.3 is 19.7 Å². The number of pyridine rings is 1. The number of carbonyl (C=O) groups is 3. The van der Waals surface area contributed by atoms with Gasteiger partial charge in [-0.1, -0.05) is 12.1 Å². The highest BCUT2D eigenvalue weighted by Gasteiger charge is 2.33. The van der Waals surface area contributed by atoms with Crippen LogP contribution in [0, 0.1) is 18.6 Å². The van der Waals surface area contributed by atoms with Crippen LogP contribution in [0.1, 0.15) is 54.1 Å². The first-order valence-corrected chi connectivity index (χ1v) is 16.3. The summed E-state index contributed by atoms with van der Waals surface area (Å²) in [4.78, 5) is 44.1. The van der Waals surface area contributed by atoms with Crippen molar-refractivity contribution in [3.63, 3.8) is 0 Å². The zero-order valence-corrected chi connectivity index (χ0v) is 26.6. The number of aromatic nitrogens is 1. The zero-order valence-electron chi connectivity index (χ0n) is 25.8. The molecule has 1 aromatic heterocycles. The Labute approximate surface area is 266 Å². The monoisotopic (exact) mass is 658 g/mol. The van der Waals surface area contributed by atoms with Crippen LogP contribution in [0.3, 0.4) is 0 Å². The number of hydrogen-bond donors (Lipinski definition) is 1. The van der Waals surface area contributed by atoms with Gasteiger partial charge in [0, 0.05) is 31.0 Å². The molecule has 46 heavy (non-hydrogen) atoms. The van der Waals surface area contributed by atoms with E-state index in [1.54, 1.807) is 37.8 Å². The Morgan fingerprint density at radius 1 is 0.913 bits per heavy atom. The number of hydrogen-bond acceptors (Lipinski definition) is 9. The lowest BCUT2D eigenvalue weighted by molar-refractivity contribution is -0.146. The molecule has 14 heteroatoms. The maximum Gasteiger partial charge on any atom is 0.321 e. The van der Waals surface area contributed by atoms with Crippen molar-refractivity contribution >= 4 is 39.2 Å². The minimum atomic E-state index is -4.60. The Balaban J connectivity index is 1.67. The molecular weight excluding hydrogens is 622 g/mol. The van der Waals surface area contributed by atoms with E-state index in [0.29, 0.717) is 41.5 Å². The number of aryl methyl sites for hydroxylation is 1. The predicted octanol–water partition coefficient (Wildman–Crippen LogP) is 4.55. The standard InChI is InChI=1S/C32H36F2N4O7S/c1-4-44-30(39)19-38(20-31(40)45-5-2)46(42,43)29-17-28(36-27-11-10-25(34)16-21(27)3)26(18-35-29)32(41)37-14-12-23(13-15-37)22-6-8-24(33)9-7-22/h6-11,16-18,23H,4-5,12-15,19-20H2,1-3H3,(H,35,36). The number of anilines is 2. The van der Waals surface area contributed by atoms with Crippen LogP contribution >= 0.6 is 0 Å². The summed E-state index contributed by atoms with van der Waals surface area (Å²) in [7, 11) is -4.60. The van der Waals surface area contributed by atoms with Crippen LogP contribution < -0.4 is 5.32 Å². The smallest absolute Gasteiger partial charge is 0.321 e. The summed E-state index contributed by atoms with van der Waals surface area (Å²) in [6.07, 6.45) is 2.39. The van der Waals surface area contributed by atoms with Crippen LogP contribution in [0.25, 0.3) is 0 Å². The minimum absolute atomic E-state index is 0.00653. The van der Waals surface area contributed by atoms with Gasteiger partial charge in [-0.05, 0) is 81.0 Å². The van der Waals surface area contributed by atoms with E-state index in [1.807, 2.05) is 0 Å². The molecular formula is C32H36F2N4O7S. The second kappa shape index (κ2) is 15.2. The molecule has 2 heterocycles. The van der Waals surface area contributed by atoms with E-state index >= 15 is 0 Å². The maximum absolute atomic E-state index is 13.9. The maximum atomic E-state index is 13.9. The number of ether oxygens (including phenoxy) is 2. The van der Waals surface area contributed by atoms with Gasteiger partial charge in [-0.3, -0.25) is 14.4 Å². The molecule has 0 aliphatic carbocycles. The molecule has 0 unspecified atom stereocenters. The van der Waals surface area contributed by atoms with Crippen LogP contribution in [0.15, 0.2) is 59.8 Å². The number of piperidine rings is 1. The van der Waals surface area contributed by atoms with Crippen molar-refractivity contribution in [3.8, 4) is 0 Å². The van der Waals surface area contributed by atoms with Crippen LogP contribution in [-0.2, 0) is 29.1 Å². The molecule has 0 radical (unpaired) electrons. The van der Waals surface area contributed by atoms with Crippen molar-refractivity contribution in [2.75, 3.05) is 44.7 Å². The lowest BCUT2D eigenvalue weighted by atomic mass is 9.89. The van der Waals surface area contributed by atoms with Gasteiger partial charge in [-0.15, -0.1) is 0 Å². The van der Waals surface area contributed by atoms with Gasteiger partial charge >= 0.3 is 11.9 Å². The normalized spacial score (nSPS) is 13.8. The van der Waals surface area contributed by atoms with Crippen LogP contribution in [-0.4, -0.2) is 79.8 Å². The van der Waals surface area contributed by atoms with Gasteiger partial charge in [0.15, 0.2) is 5.03 Å². The summed E-state index contributed by atoms with van der Waals surface area (Å²) in [5, 5.41) is 2.50. The topological polar surface area (TPSA) is 135 Å². The molecule has 1 saturated heterocycles. The number of nitrogens with one attached hydrogen (secondary N) is 1. The van der Waals surface area contributed by atoms with E-state index in [1.165, 1.54) is 30.3 Å². The van der Waals surface area contributed by atoms with E-state index in [0.717, 1.165) is 17.8 Å². The van der Waals surface area contributed by atoms with Gasteiger partial charge in [-0.25, -0.2) is 22.2 Å². The highest BCUT2D eigenvalue weighted by atomic mass is 32.2. The molecule has 0 saturated carbocycles. The molecule has 246 valence electrons. The number of likely N-dealkylation sites (tertiary alicyclic amines) is 1. The van der Waals surface area contributed by atoms with Gasteiger partial charge in [0.2, 0.25) is 0 Å². The Morgan fingerprint density at radius 2 is 1.50 bits per heavy atom. The van der Waals surface area contributed by atoms with E-state index < -0.39 is 51.8 Å². The second-order valence-corrected chi connectivity index (χ2v) is 12.5. The number of amides is 1. The van der Waals surface area contributed by atoms with Crippen molar-refractivity contribution in [1.29, 1.82) is 0 Å². The molecule has 0 atom stereocenters. The molecule has 1 aliphatic rings. The molecule has 3 aromatic rings. The van der Waals surface area contributed by atoms with E-state index in [2.05, 4.69) is 10.3 Å². The van der Waals surface area contributed by atoms with E-state index in [-0.39, 0.29) is 36.2 Å². The molecule has 1 N–H and O–H groups in total. The van der Waals surface area contributed by atoms with Crippen molar-refractivity contribution < 1.29 is 41.1 Å². The first-order valence-electron chi connectivity index (χ1n) is 14.8. The number of halogens is 2. The summed E-state index contributed by atoms with van der Waals surface area (Å²) in [5.41, 5.74) is 2.02. The van der Waals surface area contributed by atoms with E-state index in [9.17, 15) is 31.6 Å². The molecule has 4 rings (SSSR count). The lowest BCUT2D eigenvalue weighted by Gasteiger charge is -2.32. The molecule has 1 aliphatic heterocycles. The number of sulfonamides is 1. The highest BCUT2D eigenvalue weighted by Crippen LogP contribution is 2.32. The SMILES string of the molecule is CCOC(=O)CN(CC(=O)OCC)S(=O)(=O)c1cc(Nc2ccc(F)cc2C)c(C(=O)N2CCC(c3ccc(F)cc3)CC2)cn1. The Kier molecular flexibility index (Phi) is 11.4. The van der Waals surface area contributed by atoms with Gasteiger partial charge in [0.1, 0.15) is 24.7 Å². The first kappa shape index (κ1) is 34.4. The minimum Gasteiger partial charge on any atom is -0.465 e. The molecule has 0 spiro atoms. The number of carbonyl (C=O) groups excluding carboxylic acids is 3. The summed E-state index contributed by atoms with van der Waals surface area (Å²) < 4.78 is 65.2. The molecule has 2 aromatic carbocycles. The number of nitrogens with zero attached hydrogens (tertiary/aromatic N) is 3. The summed E-state index contributed by atoms with van der Waals surface area (Å²) in [6, 6.07) is 11.4. The third-order valence-electron chi connectivity index (χ3n) is 7.52. The zero-order chi connectivity index (χ0) is 33.4. The Bertz CT molecular complexity index is 1660. The largest absolute Gasteiger partial charge is 0.465 e. The number of rotatable bonds is 12. The van der Waals surface area contributed by atoms with Gasteiger partial charge in [-0.2, -0.15) is 4.31 Å². The third kappa shape index (κ3) is 8.43. The molecule has 11 nitrogen and oxygen atoms in total. The molecule has 0 bridgehead atoms. The Hall–Kier alpha value is -4.43. The second-order valence-electron chi connectivity index (χ2n) is 10.7. The summed E-state index contributed by atoms with van der Waals surface area (Å²) in [6.45, 7) is 3.97. The number of benzene rings is 2. The Morgan fingerprint density at radius 3 is 2.07 bits per heavy atom. The number of esters is 2. The van der Waals surface area contributed by atoms with Crippen LogP contribution in [0.2, 0.25) is 0 Å². The average Bonchev–Trinajstić information content (AvgIpc) is 3.02. The third-order valence-corrected chi connectivity index (χ3v) is 9.21. The molecule has 1 amide bonds. The summed E-state index contributed by atoms with van der Waals surface area (Å²) in [5.74, 6) is -2.84. The quantitative estimate of drug-likeness (QED) is 0.278. The van der Waals surface area contributed by atoms with Crippen molar-refractivity contribution in [3.05, 3.63) is 83.1 Å². The first-order chi connectivity index (χ1) is 21.9. The van der Waals surface area contributed by atoms with Gasteiger partial charge in [0.25, 0.3) is 15.9 Å². The van der Waals surface area contributed by atoms with Crippen molar-refractivity contribution in [2.45, 2.75) is 44.6 Å². The van der Waals surface area contributed by atoms with Crippen molar-refractivity contribution in [2.24, 2.45) is 0 Å².